The average Bonchev–Trinajstić information content (AvgIpc) is 3.59. The Morgan fingerprint density at radius 2 is 0.621 bits per heavy atom. The van der Waals surface area contributed by atoms with Crippen molar-refractivity contribution in [1.82, 2.24) is 0 Å². The number of carbonyl (C=O) groups is 3. The summed E-state index contributed by atoms with van der Waals surface area (Å²) < 4.78 is 22.9. The minimum absolute atomic E-state index is 0.173. The highest BCUT2D eigenvalue weighted by atomic mass is 16.7. The number of quaternary nitrogens is 1. The molecule has 0 aromatic heterocycles. The zero-order chi connectivity index (χ0) is 63.3. The van der Waals surface area contributed by atoms with Gasteiger partial charge in [-0.1, -0.05) is 267 Å². The Bertz CT molecular complexity index is 2080. The number of hydrogen-bond donors (Lipinski definition) is 1. The Morgan fingerprint density at radius 1 is 0.345 bits per heavy atom. The first-order valence-corrected chi connectivity index (χ1v) is 33.9. The number of nitrogens with zero attached hydrogens (tertiary/aromatic N) is 1. The van der Waals surface area contributed by atoms with Crippen LogP contribution in [0, 0.1) is 0 Å². The second-order valence-corrected chi connectivity index (χ2v) is 23.0. The van der Waals surface area contributed by atoms with Gasteiger partial charge in [0.1, 0.15) is 13.2 Å². The van der Waals surface area contributed by atoms with Crippen LogP contribution >= 0.6 is 0 Å². The molecule has 0 saturated heterocycles. The standard InChI is InChI=1S/C78H123NO8/c1-6-8-10-12-14-16-18-20-22-24-26-28-30-32-34-36-37-38-39-41-43-45-47-49-51-53-55-57-59-61-63-65-67-69-76(81)87-74(73-86-78(77(82)83)84-71-70-79(3,4)5)72-85-75(80)68-66-64-62-60-58-56-54-52-50-48-46-44-42-40-35-33-31-29-27-25-23-21-19-17-15-13-11-9-7-2/h8-11,14-17,20-23,26-29,32-35,37-38,41-44,47-50,74,78H,6-7,12-13,18-19,24-25,30-31,36,39-40,45-46,51-73H2,1-5H3/p+1/b10-8-,11-9-,16-14-,17-15-,22-20-,23-21-,28-26-,29-27-,34-32-,35-33-,38-37-,43-41-,44-42-,49-47-,50-48-. The Labute approximate surface area is 532 Å². The van der Waals surface area contributed by atoms with E-state index < -0.39 is 24.3 Å². The number of ether oxygens (including phenoxy) is 4. The fourth-order valence-electron chi connectivity index (χ4n) is 8.54. The maximum absolute atomic E-state index is 12.9. The summed E-state index contributed by atoms with van der Waals surface area (Å²) in [5.41, 5.74) is 0. The lowest BCUT2D eigenvalue weighted by Gasteiger charge is -2.25. The molecule has 0 fully saturated rings. The molecule has 0 rings (SSSR count). The maximum atomic E-state index is 12.9. The van der Waals surface area contributed by atoms with Crippen molar-refractivity contribution in [2.75, 3.05) is 47.5 Å². The van der Waals surface area contributed by atoms with Crippen LogP contribution in [-0.2, 0) is 33.3 Å². The van der Waals surface area contributed by atoms with Crippen molar-refractivity contribution >= 4 is 17.9 Å². The van der Waals surface area contributed by atoms with Gasteiger partial charge in [0.05, 0.1) is 34.4 Å². The maximum Gasteiger partial charge on any atom is 0.361 e. The van der Waals surface area contributed by atoms with Crippen LogP contribution in [0.4, 0.5) is 0 Å². The summed E-state index contributed by atoms with van der Waals surface area (Å²) in [5, 5.41) is 9.74. The van der Waals surface area contributed by atoms with Gasteiger partial charge in [-0.05, 0) is 135 Å². The van der Waals surface area contributed by atoms with Crippen LogP contribution in [0.1, 0.15) is 232 Å². The first-order valence-electron chi connectivity index (χ1n) is 33.9. The summed E-state index contributed by atoms with van der Waals surface area (Å²) >= 11 is 0. The van der Waals surface area contributed by atoms with Crippen molar-refractivity contribution in [3.63, 3.8) is 0 Å². The fraction of sp³-hybridized carbons (Fsp3) is 0.577. The van der Waals surface area contributed by atoms with Gasteiger partial charge in [0.2, 0.25) is 0 Å². The summed E-state index contributed by atoms with van der Waals surface area (Å²) in [5.74, 6) is -2.05. The predicted molar refractivity (Wildman–Crippen MR) is 372 cm³/mol. The fourth-order valence-corrected chi connectivity index (χ4v) is 8.54. The van der Waals surface area contributed by atoms with Crippen molar-refractivity contribution in [1.29, 1.82) is 0 Å². The predicted octanol–water partition coefficient (Wildman–Crippen LogP) is 21.2. The lowest BCUT2D eigenvalue weighted by molar-refractivity contribution is -0.870. The number of rotatable bonds is 60. The number of aliphatic carboxylic acids is 1. The minimum Gasteiger partial charge on any atom is -0.477 e. The molecule has 2 unspecified atom stereocenters. The van der Waals surface area contributed by atoms with Crippen molar-refractivity contribution in [3.05, 3.63) is 182 Å². The van der Waals surface area contributed by atoms with Crippen molar-refractivity contribution in [2.24, 2.45) is 0 Å². The van der Waals surface area contributed by atoms with Gasteiger partial charge in [0.15, 0.2) is 6.10 Å². The number of carboxylic acid groups (broad SMARTS) is 1. The zero-order valence-corrected chi connectivity index (χ0v) is 55.6. The molecule has 0 aliphatic rings. The molecule has 1 N–H and O–H groups in total. The summed E-state index contributed by atoms with van der Waals surface area (Å²) in [6, 6.07) is 0. The molecule has 488 valence electrons. The normalized spacial score (nSPS) is 13.9. The smallest absolute Gasteiger partial charge is 0.361 e. The number of carbonyl (C=O) groups excluding carboxylic acids is 2. The third-order valence-corrected chi connectivity index (χ3v) is 13.7. The number of esters is 2. The Balaban J connectivity index is 4.27. The van der Waals surface area contributed by atoms with E-state index in [1.165, 1.54) is 44.9 Å². The van der Waals surface area contributed by atoms with Gasteiger partial charge in [-0.15, -0.1) is 0 Å². The number of hydrogen-bond acceptors (Lipinski definition) is 7. The van der Waals surface area contributed by atoms with Gasteiger partial charge in [0, 0.05) is 12.8 Å². The van der Waals surface area contributed by atoms with E-state index >= 15 is 0 Å². The minimum atomic E-state index is -1.53. The molecule has 0 aliphatic heterocycles. The van der Waals surface area contributed by atoms with Crippen LogP contribution in [0.2, 0.25) is 0 Å². The largest absolute Gasteiger partial charge is 0.477 e. The molecule has 0 radical (unpaired) electrons. The van der Waals surface area contributed by atoms with E-state index in [2.05, 4.69) is 196 Å². The van der Waals surface area contributed by atoms with Crippen LogP contribution in [0.5, 0.6) is 0 Å². The highest BCUT2D eigenvalue weighted by molar-refractivity contribution is 5.71. The molecule has 0 aromatic rings. The first-order chi connectivity index (χ1) is 42.6. The second kappa shape index (κ2) is 66.3. The average molecular weight is 1200 g/mol. The van der Waals surface area contributed by atoms with Crippen LogP contribution in [0.25, 0.3) is 0 Å². The van der Waals surface area contributed by atoms with Gasteiger partial charge >= 0.3 is 17.9 Å². The highest BCUT2D eigenvalue weighted by Gasteiger charge is 2.25. The van der Waals surface area contributed by atoms with Crippen molar-refractivity contribution < 1.29 is 42.9 Å². The van der Waals surface area contributed by atoms with Crippen molar-refractivity contribution in [3.8, 4) is 0 Å². The van der Waals surface area contributed by atoms with Gasteiger partial charge in [-0.3, -0.25) is 9.59 Å². The van der Waals surface area contributed by atoms with E-state index in [1.807, 2.05) is 21.1 Å². The number of likely N-dealkylation sites (N-methyl/N-ethyl adjacent to an activating group) is 1. The Kier molecular flexibility index (Phi) is 62.1. The van der Waals surface area contributed by atoms with Gasteiger partial charge < -0.3 is 28.5 Å². The molecule has 0 spiro atoms. The van der Waals surface area contributed by atoms with E-state index in [0.29, 0.717) is 17.4 Å². The van der Waals surface area contributed by atoms with E-state index in [-0.39, 0.29) is 38.6 Å². The Hall–Kier alpha value is -5.61. The SMILES string of the molecule is CC/C=C\C/C=C\C/C=C\C/C=C\C/C=C\C/C=C\C/C=C\C/C=C\CCCCCCCCCCC(=O)OC(COC(=O)CCCCCCCCC/C=C\C/C=C\C/C=C\C/C=C\C/C=C\C/C=C\C/C=C\CC)COC(OCC[N+](C)(C)C)C(=O)O. The number of allylic oxidation sites excluding steroid dienone is 30. The molecular formula is C78H124NO8+. The molecule has 87 heavy (non-hydrogen) atoms. The van der Waals surface area contributed by atoms with E-state index in [4.69, 9.17) is 18.9 Å². The van der Waals surface area contributed by atoms with Gasteiger partial charge in [-0.25, -0.2) is 4.79 Å². The molecule has 0 saturated carbocycles. The van der Waals surface area contributed by atoms with Crippen molar-refractivity contribution in [2.45, 2.75) is 245 Å². The molecular weight excluding hydrogens is 1080 g/mol. The Morgan fingerprint density at radius 3 is 0.920 bits per heavy atom. The molecule has 2 atom stereocenters. The molecule has 0 amide bonds. The van der Waals surface area contributed by atoms with Crippen LogP contribution < -0.4 is 0 Å². The van der Waals surface area contributed by atoms with Gasteiger partial charge in [-0.2, -0.15) is 0 Å². The third kappa shape index (κ3) is 67.8. The van der Waals surface area contributed by atoms with Crippen LogP contribution in [0.15, 0.2) is 182 Å². The lowest BCUT2D eigenvalue weighted by Crippen LogP contribution is -2.40. The van der Waals surface area contributed by atoms with Crippen LogP contribution in [0.3, 0.4) is 0 Å². The molecule has 9 nitrogen and oxygen atoms in total. The molecule has 0 bridgehead atoms. The summed E-state index contributed by atoms with van der Waals surface area (Å²) in [6.07, 6.45) is 98.4. The zero-order valence-electron chi connectivity index (χ0n) is 55.6. The monoisotopic (exact) mass is 1200 g/mol. The topological polar surface area (TPSA) is 108 Å². The quantitative estimate of drug-likeness (QED) is 0.0211. The summed E-state index contributed by atoms with van der Waals surface area (Å²) in [6.45, 7) is 4.60. The third-order valence-electron chi connectivity index (χ3n) is 13.7. The van der Waals surface area contributed by atoms with E-state index in [1.54, 1.807) is 0 Å². The van der Waals surface area contributed by atoms with E-state index in [0.717, 1.165) is 154 Å². The molecule has 9 heteroatoms. The summed E-state index contributed by atoms with van der Waals surface area (Å²) in [4.78, 5) is 37.6. The molecule has 0 aliphatic carbocycles. The van der Waals surface area contributed by atoms with E-state index in [9.17, 15) is 19.5 Å². The second-order valence-electron chi connectivity index (χ2n) is 23.0. The number of carboxylic acids is 1. The lowest BCUT2D eigenvalue weighted by atomic mass is 10.1. The highest BCUT2D eigenvalue weighted by Crippen LogP contribution is 2.15. The van der Waals surface area contributed by atoms with Gasteiger partial charge in [0.25, 0.3) is 6.29 Å². The molecule has 0 heterocycles. The first kappa shape index (κ1) is 81.4. The summed E-state index contributed by atoms with van der Waals surface area (Å²) in [7, 11) is 5.95. The van der Waals surface area contributed by atoms with Crippen LogP contribution in [-0.4, -0.2) is 87.4 Å². The number of unbranched alkanes of at least 4 members (excludes halogenated alkanes) is 15. The molecule has 0 aromatic carbocycles.